The lowest BCUT2D eigenvalue weighted by Crippen LogP contribution is -2.71. The number of hydrogen-bond acceptors (Lipinski definition) is 17. The zero-order valence-electron chi connectivity index (χ0n) is 26.7. The lowest BCUT2D eigenvalue weighted by atomic mass is 10.0. The van der Waals surface area contributed by atoms with Gasteiger partial charge in [0.25, 0.3) is 23.5 Å². The number of nitrogens with one attached hydrogen (secondary N) is 2. The number of carboxylic acid groups (broad SMARTS) is 1. The number of aromatic nitrogens is 5. The maximum atomic E-state index is 13.4. The number of hydrogen-bond donors (Lipinski definition) is 7. The summed E-state index contributed by atoms with van der Waals surface area (Å²) in [5, 5.41) is 51.0. The smallest absolute Gasteiger partial charge is 0.352 e. The monoisotopic (exact) mass is 756 g/mol. The molecule has 8 N–H and O–H groups in total. The summed E-state index contributed by atoms with van der Waals surface area (Å²) in [5.41, 5.74) is 6.38. The van der Waals surface area contributed by atoms with E-state index in [1.807, 2.05) is 0 Å². The number of phenolic OH excluding ortho intramolecular Hbond substituents is 2. The van der Waals surface area contributed by atoms with E-state index in [1.54, 1.807) is 19.1 Å². The molecule has 0 bridgehead atoms. The van der Waals surface area contributed by atoms with Crippen molar-refractivity contribution in [3.63, 3.8) is 0 Å². The van der Waals surface area contributed by atoms with E-state index < -0.39 is 46.4 Å². The number of nitrogens with zero attached hydrogens (tertiary/aromatic N) is 7. The lowest BCUT2D eigenvalue weighted by Gasteiger charge is -2.49. The average Bonchev–Trinajstić information content (AvgIpc) is 3.72. The number of carbonyl (C=O) groups excluding carboxylic acids is 3. The number of hydroxylamine groups is 1. The highest BCUT2D eigenvalue weighted by molar-refractivity contribution is 8.01. The zero-order chi connectivity index (χ0) is 36.8. The summed E-state index contributed by atoms with van der Waals surface area (Å²) in [6.45, 7) is 4.35. The first-order chi connectivity index (χ1) is 24.2. The van der Waals surface area contributed by atoms with Crippen LogP contribution in [0.2, 0.25) is 0 Å². The maximum absolute atomic E-state index is 13.4. The number of oxime groups is 1. The number of carboxylic acids is 1. The molecular weight excluding hydrogens is 729 g/mol. The Morgan fingerprint density at radius 2 is 1.94 bits per heavy atom. The maximum Gasteiger partial charge on any atom is 0.352 e. The normalized spacial score (nSPS) is 17.6. The Morgan fingerprint density at radius 3 is 2.61 bits per heavy atom. The summed E-state index contributed by atoms with van der Waals surface area (Å²) in [4.78, 5) is 70.6. The van der Waals surface area contributed by atoms with Crippen molar-refractivity contribution in [3.05, 3.63) is 52.3 Å². The fourth-order valence-corrected chi connectivity index (χ4v) is 8.03. The predicted octanol–water partition coefficient (Wildman–Crippen LogP) is 1.09. The van der Waals surface area contributed by atoms with Crippen LogP contribution in [0.25, 0.3) is 17.2 Å². The van der Waals surface area contributed by atoms with E-state index in [1.165, 1.54) is 64.9 Å². The molecule has 3 aromatic heterocycles. The van der Waals surface area contributed by atoms with Crippen molar-refractivity contribution >= 4 is 75.2 Å². The molecule has 0 spiro atoms. The Morgan fingerprint density at radius 1 is 1.18 bits per heavy atom. The minimum atomic E-state index is -1.70. The number of aliphatic carboxylic acids is 1. The van der Waals surface area contributed by atoms with Crippen molar-refractivity contribution in [3.8, 4) is 22.9 Å². The van der Waals surface area contributed by atoms with Crippen LogP contribution in [0.3, 0.4) is 0 Å². The molecule has 0 radical (unpaired) electrons. The standard InChI is InChI=1S/C29H28N10O9S3/c1-11-6-17(39-28(31-11)34-21(35-39)12-4-5-15(40)16(41)7-12)49-8-13-9-50-24-19(23(43)38(24)20(13)25(44)45)33-22(42)18(14-10-51-27(30)32-14)37-48-29(2,3)26(46)36-47/h4-7,10,19,24,40-41,47H,8-9H2,1-3H3,(H2,30,32)(H,33,42)(H,36,46)(H,44,45)/b37-18-. The summed E-state index contributed by atoms with van der Waals surface area (Å²) in [7, 11) is 0. The molecule has 5 heterocycles. The van der Waals surface area contributed by atoms with Crippen LogP contribution in [0.5, 0.6) is 11.5 Å². The molecule has 2 aliphatic rings. The summed E-state index contributed by atoms with van der Waals surface area (Å²) < 4.78 is 1.48. The van der Waals surface area contributed by atoms with E-state index in [2.05, 4.69) is 30.5 Å². The Labute approximate surface area is 299 Å². The van der Waals surface area contributed by atoms with Crippen molar-refractivity contribution in [2.45, 2.75) is 42.8 Å². The number of rotatable bonds is 11. The highest BCUT2D eigenvalue weighted by atomic mass is 32.2. The first kappa shape index (κ1) is 35.4. The van der Waals surface area contributed by atoms with Gasteiger partial charge in [-0.3, -0.25) is 24.5 Å². The van der Waals surface area contributed by atoms with Gasteiger partial charge in [-0.2, -0.15) is 9.50 Å². The van der Waals surface area contributed by atoms with Gasteiger partial charge in [0.15, 0.2) is 28.2 Å². The van der Waals surface area contributed by atoms with Gasteiger partial charge in [0, 0.05) is 28.1 Å². The summed E-state index contributed by atoms with van der Waals surface area (Å²) in [6, 6.07) is 4.79. The minimum absolute atomic E-state index is 0.00161. The van der Waals surface area contributed by atoms with E-state index in [-0.39, 0.29) is 51.1 Å². The van der Waals surface area contributed by atoms with E-state index in [0.29, 0.717) is 21.9 Å². The summed E-state index contributed by atoms with van der Waals surface area (Å²) >= 11 is 3.53. The van der Waals surface area contributed by atoms with Crippen LogP contribution >= 0.6 is 34.9 Å². The Bertz CT molecular complexity index is 2170. The zero-order valence-corrected chi connectivity index (χ0v) is 29.2. The second kappa shape index (κ2) is 13.7. The fourth-order valence-electron chi connectivity index (χ4n) is 4.94. The number of aromatic hydroxyl groups is 2. The SMILES string of the molecule is Cc1cc(SCC2=C(C(=O)O)N3C(=O)C(NC(=O)/C(=N\OC(C)(C)C(=O)NO)c4csc(N)n4)C3SC2)n2nc(-c3ccc(O)c(O)c3)nc2n1. The van der Waals surface area contributed by atoms with Gasteiger partial charge in [0.2, 0.25) is 5.60 Å². The van der Waals surface area contributed by atoms with Crippen molar-refractivity contribution in [1.82, 2.24) is 40.3 Å². The third-order valence-corrected chi connectivity index (χ3v) is 10.7. The number of fused-ring (bicyclic) bond motifs is 2. The Kier molecular flexibility index (Phi) is 9.50. The molecule has 22 heteroatoms. The molecule has 51 heavy (non-hydrogen) atoms. The third kappa shape index (κ3) is 6.85. The highest BCUT2D eigenvalue weighted by Crippen LogP contribution is 2.42. The number of amides is 3. The molecular formula is C29H28N10O9S3. The molecule has 6 rings (SSSR count). The van der Waals surface area contributed by atoms with Crippen LogP contribution in [0.1, 0.15) is 25.2 Å². The molecule has 0 saturated carbocycles. The first-order valence-electron chi connectivity index (χ1n) is 14.7. The van der Waals surface area contributed by atoms with Crippen molar-refractivity contribution < 1.29 is 44.5 Å². The van der Waals surface area contributed by atoms with Gasteiger partial charge in [0.1, 0.15) is 27.8 Å². The van der Waals surface area contributed by atoms with Crippen LogP contribution in [-0.2, 0) is 24.0 Å². The molecule has 1 fully saturated rings. The van der Waals surface area contributed by atoms with Crippen LogP contribution in [0.15, 0.2) is 51.1 Å². The molecule has 19 nitrogen and oxygen atoms in total. The largest absolute Gasteiger partial charge is 0.504 e. The third-order valence-electron chi connectivity index (χ3n) is 7.56. The molecule has 2 aliphatic heterocycles. The van der Waals surface area contributed by atoms with Crippen molar-refractivity contribution in [2.75, 3.05) is 17.2 Å². The van der Waals surface area contributed by atoms with Gasteiger partial charge in [0.05, 0.1) is 0 Å². The van der Waals surface area contributed by atoms with Crippen LogP contribution in [0, 0.1) is 6.92 Å². The summed E-state index contributed by atoms with van der Waals surface area (Å²) in [6.07, 6.45) is 0. The lowest BCUT2D eigenvalue weighted by molar-refractivity contribution is -0.152. The second-order valence-electron chi connectivity index (χ2n) is 11.5. The van der Waals surface area contributed by atoms with E-state index in [9.17, 15) is 34.5 Å². The number of anilines is 1. The highest BCUT2D eigenvalue weighted by Gasteiger charge is 2.54. The number of aryl methyl sites for hydroxylation is 1. The van der Waals surface area contributed by atoms with Crippen LogP contribution in [-0.4, -0.2) is 108 Å². The fraction of sp³-hybridized carbons (Fsp3) is 0.276. The van der Waals surface area contributed by atoms with Gasteiger partial charge < -0.3 is 31.2 Å². The number of phenols is 2. The van der Waals surface area contributed by atoms with Crippen molar-refractivity contribution in [1.29, 1.82) is 0 Å². The number of nitrogens with two attached hydrogens (primary N) is 1. The van der Waals surface area contributed by atoms with Gasteiger partial charge in [-0.1, -0.05) is 5.16 Å². The first-order valence-corrected chi connectivity index (χ1v) is 17.6. The molecule has 0 aliphatic carbocycles. The quantitative estimate of drug-likeness (QED) is 0.0214. The molecule has 3 amide bonds. The van der Waals surface area contributed by atoms with E-state index in [0.717, 1.165) is 16.2 Å². The topological polar surface area (TPSA) is 280 Å². The average molecular weight is 757 g/mol. The second-order valence-corrected chi connectivity index (χ2v) is 14.5. The van der Waals surface area contributed by atoms with Crippen LogP contribution < -0.4 is 16.5 Å². The number of benzene rings is 1. The van der Waals surface area contributed by atoms with E-state index >= 15 is 0 Å². The van der Waals surface area contributed by atoms with Crippen LogP contribution in [0.4, 0.5) is 5.13 Å². The number of carbonyl (C=O) groups is 4. The van der Waals surface area contributed by atoms with Gasteiger partial charge in [-0.15, -0.1) is 40.0 Å². The molecule has 2 atom stereocenters. The Balaban J connectivity index is 1.21. The van der Waals surface area contributed by atoms with Crippen molar-refractivity contribution in [2.24, 2.45) is 5.16 Å². The molecule has 266 valence electrons. The molecule has 2 unspecified atom stereocenters. The number of β-lactam (4-membered cyclic amide) rings is 1. The number of nitrogen functional groups attached to an aromatic ring is 1. The van der Waals surface area contributed by atoms with Gasteiger partial charge >= 0.3 is 5.97 Å². The number of thioether (sulfide) groups is 2. The van der Waals surface area contributed by atoms with Gasteiger partial charge in [-0.25, -0.2) is 20.2 Å². The summed E-state index contributed by atoms with van der Waals surface area (Å²) in [5.74, 6) is -3.59. The minimum Gasteiger partial charge on any atom is -0.504 e. The number of thiazole rings is 1. The molecule has 4 aromatic rings. The Hall–Kier alpha value is -5.45. The van der Waals surface area contributed by atoms with E-state index in [4.69, 9.17) is 15.8 Å². The molecule has 1 saturated heterocycles. The van der Waals surface area contributed by atoms with Gasteiger partial charge in [-0.05, 0) is 50.6 Å². The predicted molar refractivity (Wildman–Crippen MR) is 183 cm³/mol. The molecule has 1 aromatic carbocycles.